The number of hydrogen-bond donors (Lipinski definition) is 3. The molecule has 290 valence electrons. The molecule has 2 heterocycles. The van der Waals surface area contributed by atoms with Crippen LogP contribution in [0, 0.1) is 11.8 Å². The fourth-order valence-corrected chi connectivity index (χ4v) is 8.79. The highest BCUT2D eigenvalue weighted by Crippen LogP contribution is 2.30. The van der Waals surface area contributed by atoms with Gasteiger partial charge in [0.25, 0.3) is 5.91 Å². The lowest BCUT2D eigenvalue weighted by atomic mass is 9.85. The van der Waals surface area contributed by atoms with E-state index in [1.165, 1.54) is 39.7 Å². The molecule has 2 fully saturated rings. The summed E-state index contributed by atoms with van der Waals surface area (Å²) in [5.41, 5.74) is 2.81. The number of hydrogen-bond acceptors (Lipinski definition) is 9. The summed E-state index contributed by atoms with van der Waals surface area (Å²) in [4.78, 5) is 48.8. The predicted octanol–water partition coefficient (Wildman–Crippen LogP) is 4.80. The van der Waals surface area contributed by atoms with Crippen molar-refractivity contribution in [3.63, 3.8) is 0 Å². The number of nitrogens with zero attached hydrogens (tertiary/aromatic N) is 5. The van der Waals surface area contributed by atoms with Crippen LogP contribution in [0.3, 0.4) is 0 Å². The third kappa shape index (κ3) is 9.04. The van der Waals surface area contributed by atoms with Crippen molar-refractivity contribution in [2.24, 2.45) is 17.0 Å². The Labute approximate surface area is 321 Å². The van der Waals surface area contributed by atoms with E-state index < -0.39 is 46.1 Å². The van der Waals surface area contributed by atoms with Crippen LogP contribution in [0.25, 0.3) is 10.9 Å². The van der Waals surface area contributed by atoms with Gasteiger partial charge in [0.1, 0.15) is 12.6 Å². The first-order valence-corrected chi connectivity index (χ1v) is 20.2. The van der Waals surface area contributed by atoms with Crippen LogP contribution < -0.4 is 5.32 Å². The number of rotatable bonds is 17. The monoisotopic (exact) mass is 768 g/mol. The van der Waals surface area contributed by atoms with Gasteiger partial charge in [0, 0.05) is 24.7 Å². The molecule has 55 heavy (non-hydrogen) atoms. The Hall–Kier alpha value is -5.18. The van der Waals surface area contributed by atoms with Crippen molar-refractivity contribution >= 4 is 45.0 Å². The Kier molecular flexibility index (Phi) is 12.6. The van der Waals surface area contributed by atoms with E-state index in [-0.39, 0.29) is 49.3 Å². The molecule has 14 heteroatoms. The van der Waals surface area contributed by atoms with Gasteiger partial charge in [-0.3, -0.25) is 19.5 Å². The molecule has 1 aromatic heterocycles. The van der Waals surface area contributed by atoms with Crippen molar-refractivity contribution in [1.82, 2.24) is 24.4 Å². The van der Waals surface area contributed by atoms with E-state index in [1.807, 2.05) is 68.4 Å². The predicted molar refractivity (Wildman–Crippen MR) is 208 cm³/mol. The van der Waals surface area contributed by atoms with Crippen LogP contribution in [-0.2, 0) is 32.6 Å². The third-order valence-corrected chi connectivity index (χ3v) is 12.7. The molecule has 1 aliphatic heterocycles. The Balaban J connectivity index is 1.25. The summed E-state index contributed by atoms with van der Waals surface area (Å²) >= 11 is 0. The number of oxime groups is 1. The van der Waals surface area contributed by atoms with Gasteiger partial charge in [-0.05, 0) is 72.1 Å². The molecular formula is C41H48N6O7S. The molecule has 1 saturated carbocycles. The SMILES string of the molecule is CC[C@H](C)[C@@H](C(=O)N[C@@H](Cc1ccccc1)[C@H](O)CN(CC1CCC1)S(=O)(=O)c1ccc(C=NO)cc1)N1CC(=O)N(Cc2ccnc3ccccc23)C1=O. The third-order valence-electron chi connectivity index (χ3n) is 10.8. The number of carbonyl (C=O) groups excluding carboxylic acids is 3. The standard InChI is InChI=1S/C41H48N6O7S/c1-3-28(2)39(47-27-38(49)46(41(47)51)25-32-20-21-42-35-15-8-7-14-34(32)35)40(50)44-36(22-29-10-5-4-6-11-29)37(48)26-45(24-31-12-9-13-31)55(53,54)33-18-16-30(17-19-33)23-43-52/h4-8,10-11,14-21,23,28,31,36-37,39,48,52H,3,9,12-13,22,24-27H2,1-2H3,(H,44,50)/t28-,36-,37+,39-/m0/s1. The first-order valence-electron chi connectivity index (χ1n) is 18.7. The van der Waals surface area contributed by atoms with Gasteiger partial charge in [0.15, 0.2) is 0 Å². The van der Waals surface area contributed by atoms with Crippen molar-refractivity contribution in [3.8, 4) is 0 Å². The summed E-state index contributed by atoms with van der Waals surface area (Å²) in [6.45, 7) is 3.38. The van der Waals surface area contributed by atoms with Crippen LogP contribution in [0.15, 0.2) is 101 Å². The lowest BCUT2D eigenvalue weighted by Crippen LogP contribution is -2.57. The number of aromatic nitrogens is 1. The van der Waals surface area contributed by atoms with Crippen LogP contribution in [0.2, 0.25) is 0 Å². The minimum Gasteiger partial charge on any atom is -0.411 e. The summed E-state index contributed by atoms with van der Waals surface area (Å²) in [7, 11) is -4.09. The number of urea groups is 1. The molecule has 1 saturated heterocycles. The zero-order chi connectivity index (χ0) is 39.1. The minimum absolute atomic E-state index is 0.0183. The molecule has 1 aliphatic carbocycles. The summed E-state index contributed by atoms with van der Waals surface area (Å²) in [6, 6.07) is 21.9. The van der Waals surface area contributed by atoms with Crippen molar-refractivity contribution in [2.75, 3.05) is 19.6 Å². The van der Waals surface area contributed by atoms with E-state index in [9.17, 15) is 27.9 Å². The summed E-state index contributed by atoms with van der Waals surface area (Å²) in [6.07, 6.45) is 4.92. The Morgan fingerprint density at radius 3 is 2.42 bits per heavy atom. The normalized spacial score (nSPS) is 17.5. The van der Waals surface area contributed by atoms with Gasteiger partial charge in [0.2, 0.25) is 15.9 Å². The van der Waals surface area contributed by atoms with Crippen molar-refractivity contribution < 1.29 is 33.1 Å². The maximum Gasteiger partial charge on any atom is 0.328 e. The molecule has 4 amide bonds. The fraction of sp³-hybridized carbons (Fsp3) is 0.390. The number of fused-ring (bicyclic) bond motifs is 1. The van der Waals surface area contributed by atoms with Crippen molar-refractivity contribution in [3.05, 3.63) is 108 Å². The van der Waals surface area contributed by atoms with Gasteiger partial charge >= 0.3 is 6.03 Å². The first kappa shape index (κ1) is 39.5. The van der Waals surface area contributed by atoms with E-state index in [0.717, 1.165) is 46.2 Å². The maximum absolute atomic E-state index is 14.4. The van der Waals surface area contributed by atoms with E-state index >= 15 is 0 Å². The second-order valence-electron chi connectivity index (χ2n) is 14.5. The molecule has 4 atom stereocenters. The molecule has 2 aliphatic rings. The zero-order valence-corrected chi connectivity index (χ0v) is 31.9. The van der Waals surface area contributed by atoms with E-state index in [0.29, 0.717) is 12.0 Å². The number of benzene rings is 3. The van der Waals surface area contributed by atoms with E-state index in [2.05, 4.69) is 15.5 Å². The maximum atomic E-state index is 14.4. The van der Waals surface area contributed by atoms with E-state index in [1.54, 1.807) is 12.3 Å². The topological polar surface area (TPSA) is 173 Å². The second kappa shape index (κ2) is 17.5. The van der Waals surface area contributed by atoms with Gasteiger partial charge in [-0.25, -0.2) is 13.2 Å². The lowest BCUT2D eigenvalue weighted by Gasteiger charge is -2.36. The summed E-state index contributed by atoms with van der Waals surface area (Å²) in [5, 5.41) is 27.7. The number of aliphatic hydroxyl groups excluding tert-OH is 1. The molecular weight excluding hydrogens is 721 g/mol. The largest absolute Gasteiger partial charge is 0.411 e. The smallest absolute Gasteiger partial charge is 0.328 e. The average Bonchev–Trinajstić information content (AvgIpc) is 3.44. The minimum atomic E-state index is -4.09. The van der Waals surface area contributed by atoms with Crippen molar-refractivity contribution in [2.45, 2.75) is 75.6 Å². The zero-order valence-electron chi connectivity index (χ0n) is 31.1. The number of pyridine rings is 1. The number of aliphatic hydroxyl groups is 1. The number of carbonyl (C=O) groups is 3. The van der Waals surface area contributed by atoms with Crippen molar-refractivity contribution in [1.29, 1.82) is 0 Å². The molecule has 0 spiro atoms. The molecule has 3 aromatic carbocycles. The van der Waals surface area contributed by atoms with Crippen LogP contribution >= 0.6 is 0 Å². The average molecular weight is 769 g/mol. The molecule has 6 rings (SSSR count). The van der Waals surface area contributed by atoms with Crippen LogP contribution in [0.5, 0.6) is 0 Å². The number of para-hydroxylation sites is 1. The first-order chi connectivity index (χ1) is 26.5. The highest BCUT2D eigenvalue weighted by molar-refractivity contribution is 7.89. The fourth-order valence-electron chi connectivity index (χ4n) is 7.26. The number of amides is 4. The van der Waals surface area contributed by atoms with Gasteiger partial charge in [-0.1, -0.05) is 92.5 Å². The second-order valence-corrected chi connectivity index (χ2v) is 16.5. The van der Waals surface area contributed by atoms with Crippen LogP contribution in [0.1, 0.15) is 56.2 Å². The number of nitrogens with one attached hydrogen (secondary N) is 1. The highest BCUT2D eigenvalue weighted by Gasteiger charge is 2.45. The van der Waals surface area contributed by atoms with Crippen LogP contribution in [-0.4, -0.2) is 99.7 Å². The van der Waals surface area contributed by atoms with Crippen LogP contribution in [0.4, 0.5) is 4.79 Å². The molecule has 0 radical (unpaired) electrons. The number of imide groups is 1. The Morgan fingerprint density at radius 2 is 1.75 bits per heavy atom. The van der Waals surface area contributed by atoms with Gasteiger partial charge in [0.05, 0.1) is 35.3 Å². The van der Waals surface area contributed by atoms with Gasteiger partial charge < -0.3 is 20.5 Å². The quantitative estimate of drug-likeness (QED) is 0.0595. The van der Waals surface area contributed by atoms with Gasteiger partial charge in [-0.2, -0.15) is 4.31 Å². The molecule has 13 nitrogen and oxygen atoms in total. The summed E-state index contributed by atoms with van der Waals surface area (Å²) in [5.74, 6) is -1.20. The molecule has 3 N–H and O–H groups in total. The highest BCUT2D eigenvalue weighted by atomic mass is 32.2. The Bertz CT molecular complexity index is 2110. The Morgan fingerprint density at radius 1 is 1.04 bits per heavy atom. The van der Waals surface area contributed by atoms with Gasteiger partial charge in [-0.15, -0.1) is 0 Å². The molecule has 0 unspecified atom stereocenters. The number of sulfonamides is 1. The molecule has 0 bridgehead atoms. The molecule has 4 aromatic rings. The summed E-state index contributed by atoms with van der Waals surface area (Å²) < 4.78 is 29.5. The lowest BCUT2D eigenvalue weighted by molar-refractivity contribution is -0.129. The van der Waals surface area contributed by atoms with E-state index in [4.69, 9.17) is 5.21 Å².